The molecule has 0 aliphatic carbocycles. The molecule has 1 N–H and O–H groups in total. The average molecular weight is 547 g/mol. The Morgan fingerprint density at radius 2 is 1.92 bits per heavy atom. The number of aliphatic hydroxyl groups is 1. The van der Waals surface area contributed by atoms with Crippen LogP contribution in [0.15, 0.2) is 25.3 Å². The lowest BCUT2D eigenvalue weighted by molar-refractivity contribution is -0.165. The number of allylic oxidation sites excluding steroid dienone is 1. The van der Waals surface area contributed by atoms with E-state index in [4.69, 9.17) is 9.47 Å². The number of ether oxygens (including phenoxy) is 2. The predicted octanol–water partition coefficient (Wildman–Crippen LogP) is 4.26. The van der Waals surface area contributed by atoms with Gasteiger partial charge in [-0.3, -0.25) is 14.4 Å². The highest BCUT2D eigenvalue weighted by Crippen LogP contribution is 2.65. The summed E-state index contributed by atoms with van der Waals surface area (Å²) in [5.41, 5.74) is -2.53. The first kappa shape index (κ1) is 31.3. The summed E-state index contributed by atoms with van der Waals surface area (Å²) in [6, 6.07) is -1.50. The van der Waals surface area contributed by atoms with E-state index in [1.807, 2.05) is 47.6 Å². The van der Waals surface area contributed by atoms with Crippen molar-refractivity contribution in [2.24, 2.45) is 17.8 Å². The molecule has 0 aromatic rings. The molecule has 0 radical (unpaired) electrons. The maximum absolute atomic E-state index is 14.5. The van der Waals surface area contributed by atoms with Gasteiger partial charge in [-0.15, -0.1) is 13.2 Å². The minimum Gasteiger partial charge on any atom is -0.465 e. The molecule has 2 unspecified atom stereocenters. The van der Waals surface area contributed by atoms with Crippen molar-refractivity contribution in [1.82, 2.24) is 9.80 Å². The van der Waals surface area contributed by atoms with Crippen LogP contribution in [0.3, 0.4) is 0 Å². The molecule has 6 atom stereocenters. The van der Waals surface area contributed by atoms with E-state index in [1.165, 1.54) is 0 Å². The quantitative estimate of drug-likeness (QED) is 0.199. The second kappa shape index (κ2) is 12.1. The van der Waals surface area contributed by atoms with Gasteiger partial charge in [0.25, 0.3) is 0 Å². The third kappa shape index (κ3) is 5.56. The predicted molar refractivity (Wildman–Crippen MR) is 151 cm³/mol. The number of esters is 1. The van der Waals surface area contributed by atoms with Crippen molar-refractivity contribution >= 4 is 17.8 Å². The van der Waals surface area contributed by atoms with Crippen molar-refractivity contribution in [3.8, 4) is 0 Å². The van der Waals surface area contributed by atoms with Crippen LogP contribution in [0.2, 0.25) is 0 Å². The van der Waals surface area contributed by atoms with Gasteiger partial charge in [0.1, 0.15) is 17.6 Å². The summed E-state index contributed by atoms with van der Waals surface area (Å²) in [5.74, 6) is -2.37. The highest BCUT2D eigenvalue weighted by Gasteiger charge is 2.79. The number of hydrogen-bond donors (Lipinski definition) is 1. The van der Waals surface area contributed by atoms with Crippen LogP contribution >= 0.6 is 0 Å². The van der Waals surface area contributed by atoms with E-state index < -0.39 is 46.6 Å². The van der Waals surface area contributed by atoms with Crippen LogP contribution in [0.5, 0.6) is 0 Å². The number of aliphatic hydroxyl groups excluding tert-OH is 1. The Morgan fingerprint density at radius 3 is 2.46 bits per heavy atom. The number of nitrogens with zero attached hydrogens (tertiary/aromatic N) is 2. The van der Waals surface area contributed by atoms with Gasteiger partial charge in [-0.2, -0.15) is 0 Å². The summed E-state index contributed by atoms with van der Waals surface area (Å²) in [5, 5.41) is 10.5. The van der Waals surface area contributed by atoms with Gasteiger partial charge in [0.05, 0.1) is 30.8 Å². The fourth-order valence-electron chi connectivity index (χ4n) is 7.13. The van der Waals surface area contributed by atoms with Gasteiger partial charge in [-0.05, 0) is 71.6 Å². The topological polar surface area (TPSA) is 96.4 Å². The van der Waals surface area contributed by atoms with Crippen molar-refractivity contribution in [2.45, 2.75) is 115 Å². The smallest absolute Gasteiger partial charge is 0.312 e. The van der Waals surface area contributed by atoms with Gasteiger partial charge < -0.3 is 24.4 Å². The molecular formula is C31H50N2O6. The van der Waals surface area contributed by atoms with E-state index in [0.29, 0.717) is 38.6 Å². The summed E-state index contributed by atoms with van der Waals surface area (Å²) in [7, 11) is 0. The van der Waals surface area contributed by atoms with Gasteiger partial charge in [0, 0.05) is 12.1 Å². The summed E-state index contributed by atoms with van der Waals surface area (Å²) < 4.78 is 12.6. The van der Waals surface area contributed by atoms with E-state index in [-0.39, 0.29) is 30.9 Å². The molecule has 220 valence electrons. The van der Waals surface area contributed by atoms with E-state index in [2.05, 4.69) is 13.2 Å². The minimum absolute atomic E-state index is 0.186. The normalized spacial score (nSPS) is 30.4. The van der Waals surface area contributed by atoms with Crippen LogP contribution in [-0.4, -0.2) is 81.3 Å². The molecular weight excluding hydrogens is 496 g/mol. The Morgan fingerprint density at radius 1 is 1.23 bits per heavy atom. The number of hydrogen-bond acceptors (Lipinski definition) is 6. The number of carbonyl (C=O) groups excluding carboxylic acids is 3. The third-order valence-corrected chi connectivity index (χ3v) is 8.89. The zero-order valence-electron chi connectivity index (χ0n) is 24.9. The fourth-order valence-corrected chi connectivity index (χ4v) is 7.13. The molecule has 8 nitrogen and oxygen atoms in total. The van der Waals surface area contributed by atoms with Crippen LogP contribution in [-0.2, 0) is 23.9 Å². The Kier molecular flexibility index (Phi) is 9.75. The summed E-state index contributed by atoms with van der Waals surface area (Å²) in [6.07, 6.45) is 8.10. The zero-order valence-corrected chi connectivity index (χ0v) is 24.9. The first-order valence-corrected chi connectivity index (χ1v) is 14.7. The number of likely N-dealkylation sites (tertiary alicyclic amines) is 1. The molecule has 3 fully saturated rings. The molecule has 2 amide bonds. The molecule has 2 bridgehead atoms. The molecule has 3 aliphatic heterocycles. The first-order chi connectivity index (χ1) is 18.3. The molecule has 39 heavy (non-hydrogen) atoms. The van der Waals surface area contributed by atoms with Crippen molar-refractivity contribution in [3.05, 3.63) is 25.3 Å². The monoisotopic (exact) mass is 546 g/mol. The number of amides is 2. The second-order valence-corrected chi connectivity index (χ2v) is 12.9. The van der Waals surface area contributed by atoms with Crippen LogP contribution in [0.25, 0.3) is 0 Å². The average Bonchev–Trinajstić information content (AvgIpc) is 3.48. The van der Waals surface area contributed by atoms with E-state index in [9.17, 15) is 19.5 Å². The molecule has 0 aromatic heterocycles. The number of rotatable bonds is 14. The summed E-state index contributed by atoms with van der Waals surface area (Å²) >= 11 is 0. The molecule has 3 saturated heterocycles. The SMILES string of the molecule is C=CCCCCOC(=O)[C@@H]1[C@H]2C(=O)N([C@@H](CO)CC(C)C)C(C(=O)N(CC=C)C(C)(C)C)C23CC[C@@]1(CC)O3. The second-order valence-electron chi connectivity index (χ2n) is 12.9. The van der Waals surface area contributed by atoms with E-state index in [1.54, 1.807) is 15.9 Å². The molecule has 3 rings (SSSR count). The molecule has 0 saturated carbocycles. The molecule has 8 heteroatoms. The summed E-state index contributed by atoms with van der Waals surface area (Å²) in [6.45, 7) is 19.8. The van der Waals surface area contributed by atoms with Gasteiger partial charge >= 0.3 is 5.97 Å². The lowest BCUT2D eigenvalue weighted by Crippen LogP contribution is -2.61. The van der Waals surface area contributed by atoms with Crippen molar-refractivity contribution in [3.63, 3.8) is 0 Å². The maximum Gasteiger partial charge on any atom is 0.312 e. The molecule has 3 heterocycles. The minimum atomic E-state index is -1.15. The zero-order chi connectivity index (χ0) is 29.2. The fraction of sp³-hybridized carbons (Fsp3) is 0.774. The maximum atomic E-state index is 14.5. The Bertz CT molecular complexity index is 942. The lowest BCUT2D eigenvalue weighted by atomic mass is 9.65. The van der Waals surface area contributed by atoms with Gasteiger partial charge in [-0.25, -0.2) is 0 Å². The number of unbranched alkanes of at least 4 members (excludes halogenated alkanes) is 2. The summed E-state index contributed by atoms with van der Waals surface area (Å²) in [4.78, 5) is 45.9. The van der Waals surface area contributed by atoms with Crippen LogP contribution in [0, 0.1) is 17.8 Å². The lowest BCUT2D eigenvalue weighted by Gasteiger charge is -2.43. The third-order valence-electron chi connectivity index (χ3n) is 8.89. The molecule has 0 aromatic carbocycles. The molecule has 3 aliphatic rings. The highest BCUT2D eigenvalue weighted by molar-refractivity contribution is 5.99. The van der Waals surface area contributed by atoms with Crippen LogP contribution < -0.4 is 0 Å². The standard InChI is InChI=1S/C31H50N2O6/c1-9-12-13-14-18-38-28(37)24-23-26(35)33(22(20-34)19-21(4)5)25(27(36)32(17-10-2)29(6,7)8)31(23)16-15-30(24,11-3)39-31/h9-10,21-25,34H,1-2,11-20H2,3-8H3/t22-,23+,24+,25?,30-,31?/m1/s1. The van der Waals surface area contributed by atoms with E-state index in [0.717, 1.165) is 12.8 Å². The van der Waals surface area contributed by atoms with Crippen molar-refractivity contribution in [2.75, 3.05) is 19.8 Å². The first-order valence-electron chi connectivity index (χ1n) is 14.7. The van der Waals surface area contributed by atoms with Crippen LogP contribution in [0.4, 0.5) is 0 Å². The van der Waals surface area contributed by atoms with Crippen molar-refractivity contribution < 1.29 is 29.0 Å². The van der Waals surface area contributed by atoms with Crippen LogP contribution in [0.1, 0.15) is 86.5 Å². The van der Waals surface area contributed by atoms with E-state index >= 15 is 0 Å². The molecule has 1 spiro atoms. The number of fused-ring (bicyclic) bond motifs is 1. The Hall–Kier alpha value is -2.19. The van der Waals surface area contributed by atoms with Gasteiger partial charge in [-0.1, -0.05) is 32.9 Å². The highest BCUT2D eigenvalue weighted by atomic mass is 16.6. The Balaban J connectivity index is 2.08. The van der Waals surface area contributed by atoms with Crippen molar-refractivity contribution in [1.29, 1.82) is 0 Å². The largest absolute Gasteiger partial charge is 0.465 e. The van der Waals surface area contributed by atoms with Gasteiger partial charge in [0.2, 0.25) is 11.8 Å². The Labute approximate surface area is 234 Å². The van der Waals surface area contributed by atoms with Gasteiger partial charge in [0.15, 0.2) is 0 Å². The number of carbonyl (C=O) groups is 3.